The molecule has 1 N–H and O–H groups in total. The molecule has 1 aromatic carbocycles. The van der Waals surface area contributed by atoms with E-state index in [1.165, 1.54) is 5.56 Å². The van der Waals surface area contributed by atoms with Gasteiger partial charge in [-0.1, -0.05) is 35.3 Å². The number of halogens is 2. The minimum Gasteiger partial charge on any atom is -0.474 e. The molecular weight excluding hydrogens is 319 g/mol. The van der Waals surface area contributed by atoms with Gasteiger partial charge >= 0.3 is 0 Å². The summed E-state index contributed by atoms with van der Waals surface area (Å²) in [5.74, 6) is 1.38. The predicted octanol–water partition coefficient (Wildman–Crippen LogP) is 4.16. The molecule has 116 valence electrons. The van der Waals surface area contributed by atoms with Crippen LogP contribution in [0.3, 0.4) is 0 Å². The SMILES string of the molecule is CC(Oc1ccccn1)C1CNCC1c1ccc(Cl)c(Cl)c1. The molecule has 3 atom stereocenters. The quantitative estimate of drug-likeness (QED) is 0.910. The number of pyridine rings is 1. The highest BCUT2D eigenvalue weighted by Gasteiger charge is 2.34. The van der Waals surface area contributed by atoms with Gasteiger partial charge in [-0.15, -0.1) is 0 Å². The van der Waals surface area contributed by atoms with Crippen LogP contribution < -0.4 is 10.1 Å². The zero-order valence-electron chi connectivity index (χ0n) is 12.3. The van der Waals surface area contributed by atoms with Gasteiger partial charge in [0.15, 0.2) is 0 Å². The maximum Gasteiger partial charge on any atom is 0.213 e. The molecule has 22 heavy (non-hydrogen) atoms. The predicted molar refractivity (Wildman–Crippen MR) is 89.9 cm³/mol. The van der Waals surface area contributed by atoms with E-state index in [2.05, 4.69) is 17.2 Å². The van der Waals surface area contributed by atoms with Crippen LogP contribution in [0.5, 0.6) is 5.88 Å². The van der Waals surface area contributed by atoms with Gasteiger partial charge in [-0.3, -0.25) is 0 Å². The van der Waals surface area contributed by atoms with Gasteiger partial charge in [-0.25, -0.2) is 4.98 Å². The molecule has 2 aromatic rings. The summed E-state index contributed by atoms with van der Waals surface area (Å²) in [6.07, 6.45) is 1.80. The molecule has 1 fully saturated rings. The van der Waals surface area contributed by atoms with E-state index in [-0.39, 0.29) is 6.10 Å². The maximum atomic E-state index is 6.16. The van der Waals surface area contributed by atoms with Gasteiger partial charge in [-0.05, 0) is 30.7 Å². The van der Waals surface area contributed by atoms with E-state index in [0.717, 1.165) is 13.1 Å². The fourth-order valence-electron chi connectivity index (χ4n) is 2.99. The highest BCUT2D eigenvalue weighted by Crippen LogP contribution is 2.34. The number of hydrogen-bond acceptors (Lipinski definition) is 3. The molecule has 3 nitrogen and oxygen atoms in total. The number of rotatable bonds is 4. The first-order valence-electron chi connectivity index (χ1n) is 7.38. The maximum absolute atomic E-state index is 6.16. The normalized spacial score (nSPS) is 22.5. The fraction of sp³-hybridized carbons (Fsp3) is 0.353. The second kappa shape index (κ2) is 6.86. The van der Waals surface area contributed by atoms with Gasteiger partial charge in [0, 0.05) is 37.2 Å². The van der Waals surface area contributed by atoms with E-state index in [1.807, 2.05) is 36.4 Å². The molecule has 5 heteroatoms. The third-order valence-corrected chi connectivity index (χ3v) is 4.92. The van der Waals surface area contributed by atoms with Crippen LogP contribution in [0.2, 0.25) is 10.0 Å². The summed E-state index contributed by atoms with van der Waals surface area (Å²) in [5.41, 5.74) is 1.20. The fourth-order valence-corrected chi connectivity index (χ4v) is 3.30. The topological polar surface area (TPSA) is 34.1 Å². The Morgan fingerprint density at radius 3 is 2.77 bits per heavy atom. The molecule has 1 saturated heterocycles. The Hall–Kier alpha value is -1.29. The van der Waals surface area contributed by atoms with Crippen LogP contribution in [0.4, 0.5) is 0 Å². The van der Waals surface area contributed by atoms with Crippen molar-refractivity contribution in [3.05, 3.63) is 58.2 Å². The lowest BCUT2D eigenvalue weighted by atomic mass is 9.86. The number of hydrogen-bond donors (Lipinski definition) is 1. The van der Waals surface area contributed by atoms with Gasteiger partial charge in [0.25, 0.3) is 0 Å². The van der Waals surface area contributed by atoms with E-state index >= 15 is 0 Å². The first-order chi connectivity index (χ1) is 10.6. The van der Waals surface area contributed by atoms with Gasteiger partial charge < -0.3 is 10.1 Å². The lowest BCUT2D eigenvalue weighted by molar-refractivity contribution is 0.145. The lowest BCUT2D eigenvalue weighted by Crippen LogP contribution is -2.29. The Bertz CT molecular complexity index is 636. The summed E-state index contributed by atoms with van der Waals surface area (Å²) in [6.45, 7) is 3.92. The standard InChI is InChI=1S/C17H18Cl2N2O/c1-11(22-17-4-2-3-7-21-17)13-9-20-10-14(13)12-5-6-15(18)16(19)8-12/h2-8,11,13-14,20H,9-10H2,1H3. The Balaban J connectivity index is 1.76. The van der Waals surface area contributed by atoms with Crippen LogP contribution in [0, 0.1) is 5.92 Å². The van der Waals surface area contributed by atoms with Crippen LogP contribution in [-0.2, 0) is 0 Å². The highest BCUT2D eigenvalue weighted by molar-refractivity contribution is 6.42. The number of aromatic nitrogens is 1. The summed E-state index contributed by atoms with van der Waals surface area (Å²) < 4.78 is 5.99. The minimum atomic E-state index is 0.0596. The molecule has 3 rings (SSSR count). The molecule has 0 amide bonds. The summed E-state index contributed by atoms with van der Waals surface area (Å²) in [6, 6.07) is 11.6. The summed E-state index contributed by atoms with van der Waals surface area (Å²) >= 11 is 12.2. The van der Waals surface area contributed by atoms with Gasteiger partial charge in [0.05, 0.1) is 10.0 Å². The Morgan fingerprint density at radius 1 is 1.18 bits per heavy atom. The third kappa shape index (κ3) is 3.37. The van der Waals surface area contributed by atoms with Crippen molar-refractivity contribution in [1.29, 1.82) is 0 Å². The lowest BCUT2D eigenvalue weighted by Gasteiger charge is -2.26. The molecule has 0 radical (unpaired) electrons. The van der Waals surface area contributed by atoms with Crippen molar-refractivity contribution >= 4 is 23.2 Å². The highest BCUT2D eigenvalue weighted by atomic mass is 35.5. The Kier molecular flexibility index (Phi) is 4.87. The van der Waals surface area contributed by atoms with Crippen molar-refractivity contribution in [3.63, 3.8) is 0 Å². The third-order valence-electron chi connectivity index (χ3n) is 4.18. The van der Waals surface area contributed by atoms with Crippen LogP contribution in [0.25, 0.3) is 0 Å². The van der Waals surface area contributed by atoms with E-state index in [9.17, 15) is 0 Å². The first-order valence-corrected chi connectivity index (χ1v) is 8.14. The minimum absolute atomic E-state index is 0.0596. The average Bonchev–Trinajstić information content (AvgIpc) is 3.01. The van der Waals surface area contributed by atoms with Crippen molar-refractivity contribution in [1.82, 2.24) is 10.3 Å². The molecule has 1 aliphatic heterocycles. The Morgan fingerprint density at radius 2 is 2.05 bits per heavy atom. The molecular formula is C17H18Cl2N2O. The zero-order chi connectivity index (χ0) is 15.5. The summed E-state index contributed by atoms with van der Waals surface area (Å²) in [5, 5.41) is 4.63. The number of ether oxygens (including phenoxy) is 1. The van der Waals surface area contributed by atoms with Gasteiger partial charge in [-0.2, -0.15) is 0 Å². The summed E-state index contributed by atoms with van der Waals surface area (Å²) in [4.78, 5) is 4.23. The number of benzene rings is 1. The Labute approximate surface area is 140 Å². The van der Waals surface area contributed by atoms with Crippen molar-refractivity contribution < 1.29 is 4.74 Å². The van der Waals surface area contributed by atoms with Crippen molar-refractivity contribution in [3.8, 4) is 5.88 Å². The first kappa shape index (κ1) is 15.6. The van der Waals surface area contributed by atoms with Gasteiger partial charge in [0.1, 0.15) is 6.10 Å². The molecule has 1 aromatic heterocycles. The molecule has 3 unspecified atom stereocenters. The van der Waals surface area contributed by atoms with Crippen LogP contribution in [0.1, 0.15) is 18.4 Å². The van der Waals surface area contributed by atoms with Crippen LogP contribution in [-0.4, -0.2) is 24.2 Å². The molecule has 1 aliphatic rings. The van der Waals surface area contributed by atoms with Crippen molar-refractivity contribution in [2.45, 2.75) is 18.9 Å². The zero-order valence-corrected chi connectivity index (χ0v) is 13.8. The molecule has 2 heterocycles. The molecule has 0 spiro atoms. The number of nitrogens with one attached hydrogen (secondary N) is 1. The van der Waals surface area contributed by atoms with Gasteiger partial charge in [0.2, 0.25) is 5.88 Å². The van der Waals surface area contributed by atoms with Crippen molar-refractivity contribution in [2.24, 2.45) is 5.92 Å². The van der Waals surface area contributed by atoms with Crippen molar-refractivity contribution in [2.75, 3.05) is 13.1 Å². The largest absolute Gasteiger partial charge is 0.474 e. The van der Waals surface area contributed by atoms with E-state index < -0.39 is 0 Å². The van der Waals surface area contributed by atoms with E-state index in [1.54, 1.807) is 6.20 Å². The van der Waals surface area contributed by atoms with Crippen LogP contribution in [0.15, 0.2) is 42.6 Å². The molecule has 0 bridgehead atoms. The monoisotopic (exact) mass is 336 g/mol. The van der Waals surface area contributed by atoms with E-state index in [0.29, 0.717) is 27.8 Å². The second-order valence-corrected chi connectivity index (χ2v) is 6.41. The average molecular weight is 337 g/mol. The van der Waals surface area contributed by atoms with Crippen LogP contribution >= 0.6 is 23.2 Å². The van der Waals surface area contributed by atoms with E-state index in [4.69, 9.17) is 27.9 Å². The summed E-state index contributed by atoms with van der Waals surface area (Å²) in [7, 11) is 0. The molecule has 0 aliphatic carbocycles. The smallest absolute Gasteiger partial charge is 0.213 e. The molecule has 0 saturated carbocycles. The number of nitrogens with zero attached hydrogens (tertiary/aromatic N) is 1. The second-order valence-electron chi connectivity index (χ2n) is 5.59.